The van der Waals surface area contributed by atoms with Crippen LogP contribution in [-0.2, 0) is 4.74 Å². The normalized spacial score (nSPS) is 23.0. The van der Waals surface area contributed by atoms with Crippen LogP contribution >= 0.6 is 0 Å². The van der Waals surface area contributed by atoms with E-state index in [1.165, 1.54) is 44.9 Å². The molecule has 0 aromatic heterocycles. The lowest BCUT2D eigenvalue weighted by Gasteiger charge is -2.38. The van der Waals surface area contributed by atoms with Crippen molar-refractivity contribution in [2.24, 2.45) is 10.8 Å². The monoisotopic (exact) mass is 254 g/mol. The lowest BCUT2D eigenvalue weighted by Crippen LogP contribution is -2.36. The molecule has 1 rings (SSSR count). The number of ether oxygens (including phenoxy) is 1. The summed E-state index contributed by atoms with van der Waals surface area (Å²) in [5, 5.41) is 0. The number of hydrogen-bond acceptors (Lipinski definition) is 1. The standard InChI is InChI=1S/C17H34O/c1-7-16(6,13-15(3,4)5)14-18-17(8-2)11-9-10-12-17/h7-14H2,1-6H3. The van der Waals surface area contributed by atoms with Gasteiger partial charge in [-0.2, -0.15) is 0 Å². The molecule has 18 heavy (non-hydrogen) atoms. The van der Waals surface area contributed by atoms with E-state index in [1.54, 1.807) is 0 Å². The van der Waals surface area contributed by atoms with Gasteiger partial charge >= 0.3 is 0 Å². The Kier molecular flexibility index (Phi) is 5.29. The quantitative estimate of drug-likeness (QED) is 0.601. The van der Waals surface area contributed by atoms with Gasteiger partial charge in [-0.1, -0.05) is 54.4 Å². The zero-order valence-corrected chi connectivity index (χ0v) is 13.6. The molecule has 1 aliphatic carbocycles. The SMILES string of the molecule is CCC(C)(COC1(CC)CCCC1)CC(C)(C)C. The fourth-order valence-corrected chi connectivity index (χ4v) is 3.51. The van der Waals surface area contributed by atoms with Crippen LogP contribution in [0.25, 0.3) is 0 Å². The lowest BCUT2D eigenvalue weighted by atomic mass is 9.74. The van der Waals surface area contributed by atoms with Gasteiger partial charge in [-0.25, -0.2) is 0 Å². The molecule has 1 aliphatic rings. The summed E-state index contributed by atoms with van der Waals surface area (Å²) in [6, 6.07) is 0. The van der Waals surface area contributed by atoms with Gasteiger partial charge in [0.25, 0.3) is 0 Å². The Bertz CT molecular complexity index is 245. The summed E-state index contributed by atoms with van der Waals surface area (Å²) in [4.78, 5) is 0. The molecule has 1 saturated carbocycles. The molecule has 0 heterocycles. The van der Waals surface area contributed by atoms with Gasteiger partial charge in [-0.15, -0.1) is 0 Å². The highest BCUT2D eigenvalue weighted by atomic mass is 16.5. The van der Waals surface area contributed by atoms with Gasteiger partial charge in [0.2, 0.25) is 0 Å². The average molecular weight is 254 g/mol. The topological polar surface area (TPSA) is 9.23 Å². The van der Waals surface area contributed by atoms with Gasteiger partial charge in [-0.3, -0.25) is 0 Å². The molecule has 1 nitrogen and oxygen atoms in total. The van der Waals surface area contributed by atoms with E-state index in [0.29, 0.717) is 10.8 Å². The molecule has 0 N–H and O–H groups in total. The molecule has 0 spiro atoms. The maximum absolute atomic E-state index is 6.44. The number of hydrogen-bond donors (Lipinski definition) is 0. The molecule has 0 radical (unpaired) electrons. The smallest absolute Gasteiger partial charge is 0.0680 e. The average Bonchev–Trinajstić information content (AvgIpc) is 2.74. The predicted octanol–water partition coefficient (Wildman–Crippen LogP) is 5.58. The zero-order chi connectivity index (χ0) is 13.9. The fourth-order valence-electron chi connectivity index (χ4n) is 3.51. The third-order valence-corrected chi connectivity index (χ3v) is 4.70. The van der Waals surface area contributed by atoms with Gasteiger partial charge in [0, 0.05) is 0 Å². The Balaban J connectivity index is 2.57. The molecule has 0 bridgehead atoms. The summed E-state index contributed by atoms with van der Waals surface area (Å²) < 4.78 is 6.44. The maximum atomic E-state index is 6.44. The zero-order valence-electron chi connectivity index (χ0n) is 13.6. The summed E-state index contributed by atoms with van der Waals surface area (Å²) in [6.07, 6.45) is 8.91. The second kappa shape index (κ2) is 5.94. The van der Waals surface area contributed by atoms with E-state index < -0.39 is 0 Å². The van der Waals surface area contributed by atoms with Crippen molar-refractivity contribution in [3.8, 4) is 0 Å². The second-order valence-electron chi connectivity index (χ2n) is 7.93. The third-order valence-electron chi connectivity index (χ3n) is 4.70. The van der Waals surface area contributed by atoms with E-state index in [-0.39, 0.29) is 5.60 Å². The minimum absolute atomic E-state index is 0.217. The van der Waals surface area contributed by atoms with Crippen LogP contribution < -0.4 is 0 Å². The van der Waals surface area contributed by atoms with Crippen LogP contribution in [0.5, 0.6) is 0 Å². The Hall–Kier alpha value is -0.0400. The van der Waals surface area contributed by atoms with Gasteiger partial charge < -0.3 is 4.74 Å². The highest BCUT2D eigenvalue weighted by Crippen LogP contribution is 2.41. The minimum Gasteiger partial charge on any atom is -0.374 e. The molecule has 1 atom stereocenters. The van der Waals surface area contributed by atoms with E-state index in [0.717, 1.165) is 6.61 Å². The molecule has 1 fully saturated rings. The fraction of sp³-hybridized carbons (Fsp3) is 1.00. The molecule has 0 aliphatic heterocycles. The maximum Gasteiger partial charge on any atom is 0.0680 e. The first-order chi connectivity index (χ1) is 8.24. The van der Waals surface area contributed by atoms with E-state index in [9.17, 15) is 0 Å². The van der Waals surface area contributed by atoms with Crippen LogP contribution in [0.4, 0.5) is 0 Å². The van der Waals surface area contributed by atoms with Crippen LogP contribution in [0.15, 0.2) is 0 Å². The van der Waals surface area contributed by atoms with E-state index in [4.69, 9.17) is 4.74 Å². The summed E-state index contributed by atoms with van der Waals surface area (Å²) in [5.74, 6) is 0. The lowest BCUT2D eigenvalue weighted by molar-refractivity contribution is -0.0877. The molecule has 108 valence electrons. The molecule has 0 amide bonds. The number of rotatable bonds is 6. The second-order valence-corrected chi connectivity index (χ2v) is 7.93. The largest absolute Gasteiger partial charge is 0.374 e. The van der Waals surface area contributed by atoms with Gasteiger partial charge in [0.05, 0.1) is 12.2 Å². The van der Waals surface area contributed by atoms with Crippen molar-refractivity contribution in [2.45, 2.75) is 92.1 Å². The van der Waals surface area contributed by atoms with Crippen LogP contribution in [-0.4, -0.2) is 12.2 Å². The molecule has 0 saturated heterocycles. The summed E-state index contributed by atoms with van der Waals surface area (Å²) >= 11 is 0. The van der Waals surface area contributed by atoms with Crippen LogP contribution in [0, 0.1) is 10.8 Å². The van der Waals surface area contributed by atoms with Gasteiger partial charge in [0.15, 0.2) is 0 Å². The third kappa shape index (κ3) is 4.57. The summed E-state index contributed by atoms with van der Waals surface area (Å²) in [5.41, 5.74) is 0.945. The van der Waals surface area contributed by atoms with Crippen molar-refractivity contribution in [1.82, 2.24) is 0 Å². The first-order valence-electron chi connectivity index (χ1n) is 7.88. The van der Waals surface area contributed by atoms with Gasteiger partial charge in [-0.05, 0) is 42.9 Å². The van der Waals surface area contributed by atoms with Gasteiger partial charge in [0.1, 0.15) is 0 Å². The van der Waals surface area contributed by atoms with Crippen LogP contribution in [0.3, 0.4) is 0 Å². The first-order valence-corrected chi connectivity index (χ1v) is 7.88. The highest BCUT2D eigenvalue weighted by Gasteiger charge is 2.36. The van der Waals surface area contributed by atoms with Crippen molar-refractivity contribution in [3.05, 3.63) is 0 Å². The predicted molar refractivity (Wildman–Crippen MR) is 79.9 cm³/mol. The summed E-state index contributed by atoms with van der Waals surface area (Å²) in [7, 11) is 0. The molecule has 0 aromatic carbocycles. The molecule has 0 aromatic rings. The first kappa shape index (κ1) is 16.0. The highest BCUT2D eigenvalue weighted by molar-refractivity contribution is 4.87. The van der Waals surface area contributed by atoms with E-state index in [2.05, 4.69) is 41.5 Å². The molecular weight excluding hydrogens is 220 g/mol. The van der Waals surface area contributed by atoms with Crippen LogP contribution in [0.2, 0.25) is 0 Å². The van der Waals surface area contributed by atoms with Crippen molar-refractivity contribution < 1.29 is 4.74 Å². The Morgan fingerprint density at radius 2 is 1.56 bits per heavy atom. The Morgan fingerprint density at radius 1 is 1.00 bits per heavy atom. The molecular formula is C17H34O. The molecule has 1 unspecified atom stereocenters. The van der Waals surface area contributed by atoms with Crippen LogP contribution in [0.1, 0.15) is 86.5 Å². The van der Waals surface area contributed by atoms with Crippen molar-refractivity contribution in [2.75, 3.05) is 6.61 Å². The molecule has 1 heteroatoms. The van der Waals surface area contributed by atoms with E-state index >= 15 is 0 Å². The van der Waals surface area contributed by atoms with Crippen molar-refractivity contribution in [3.63, 3.8) is 0 Å². The van der Waals surface area contributed by atoms with Crippen molar-refractivity contribution >= 4 is 0 Å². The Labute approximate surface area is 115 Å². The Morgan fingerprint density at radius 3 is 1.94 bits per heavy atom. The summed E-state index contributed by atoms with van der Waals surface area (Å²) in [6.45, 7) is 15.0. The minimum atomic E-state index is 0.217. The van der Waals surface area contributed by atoms with Crippen molar-refractivity contribution in [1.29, 1.82) is 0 Å². The van der Waals surface area contributed by atoms with E-state index in [1.807, 2.05) is 0 Å².